The van der Waals surface area contributed by atoms with E-state index in [1.807, 2.05) is 0 Å². The Hall–Kier alpha value is -3.61. The van der Waals surface area contributed by atoms with Gasteiger partial charge in [0.2, 0.25) is 11.9 Å². The molecule has 13 heteroatoms. The lowest BCUT2D eigenvalue weighted by Gasteiger charge is -2.38. The van der Waals surface area contributed by atoms with Gasteiger partial charge in [-0.25, -0.2) is 4.98 Å². The molecule has 3 rings (SSSR count). The standard InChI is InChI=1S/C25H33F3N6O4/c1-15(35)34(2)20-8-6-5-7-18(20)31-22-17(25(26,27)28)14-30-24(33-22)32-19-10-9-16(13-21(19)38-4)23(36)29-11-12-37-3/h9-10,13-14,18,20H,5-8,11-12H2,1-4H3,(H,29,36)(H2,30,31,32,33)/t18-,20-/m1/s1. The predicted molar refractivity (Wildman–Crippen MR) is 136 cm³/mol. The molecular formula is C25H33F3N6O4. The average Bonchev–Trinajstić information content (AvgIpc) is 2.88. The number of ether oxygens (including phenoxy) is 2. The van der Waals surface area contributed by atoms with Crippen LogP contribution in [-0.2, 0) is 15.7 Å². The normalized spacial score (nSPS) is 17.4. The largest absolute Gasteiger partial charge is 0.495 e. The quantitative estimate of drug-likeness (QED) is 0.391. The van der Waals surface area contributed by atoms with Crippen LogP contribution in [-0.4, -0.2) is 73.2 Å². The first kappa shape index (κ1) is 29.0. The van der Waals surface area contributed by atoms with E-state index in [4.69, 9.17) is 9.47 Å². The third-order valence-electron chi connectivity index (χ3n) is 6.44. The molecule has 38 heavy (non-hydrogen) atoms. The number of likely N-dealkylation sites (N-methyl/N-ethyl adjacent to an activating group) is 1. The van der Waals surface area contributed by atoms with Crippen LogP contribution in [0.25, 0.3) is 0 Å². The van der Waals surface area contributed by atoms with Gasteiger partial charge in [-0.15, -0.1) is 0 Å². The molecule has 0 aliphatic heterocycles. The van der Waals surface area contributed by atoms with Crippen LogP contribution in [0.5, 0.6) is 5.75 Å². The van der Waals surface area contributed by atoms with Crippen molar-refractivity contribution in [3.63, 3.8) is 0 Å². The number of carbonyl (C=O) groups is 2. The SMILES string of the molecule is COCCNC(=O)c1ccc(Nc2ncc(C(F)(F)F)c(N[C@@H]3CCCC[C@H]3N(C)C(C)=O)n2)c(OC)c1. The minimum absolute atomic E-state index is 0.0941. The molecule has 1 saturated carbocycles. The van der Waals surface area contributed by atoms with Crippen molar-refractivity contribution >= 4 is 29.3 Å². The zero-order chi connectivity index (χ0) is 27.9. The van der Waals surface area contributed by atoms with Gasteiger partial charge in [-0.1, -0.05) is 12.8 Å². The number of nitrogens with zero attached hydrogens (tertiary/aromatic N) is 3. The van der Waals surface area contributed by atoms with Crippen LogP contribution in [0.2, 0.25) is 0 Å². The molecular weight excluding hydrogens is 505 g/mol. The van der Waals surface area contributed by atoms with E-state index in [9.17, 15) is 22.8 Å². The minimum atomic E-state index is -4.69. The van der Waals surface area contributed by atoms with E-state index in [-0.39, 0.29) is 35.4 Å². The third-order valence-corrected chi connectivity index (χ3v) is 6.44. The zero-order valence-electron chi connectivity index (χ0n) is 21.8. The molecule has 0 unspecified atom stereocenters. The number of alkyl halides is 3. The van der Waals surface area contributed by atoms with E-state index in [1.54, 1.807) is 24.1 Å². The fourth-order valence-electron chi connectivity index (χ4n) is 4.34. The van der Waals surface area contributed by atoms with Gasteiger partial charge in [-0.2, -0.15) is 18.2 Å². The van der Waals surface area contributed by atoms with E-state index < -0.39 is 17.8 Å². The zero-order valence-corrected chi connectivity index (χ0v) is 21.8. The Morgan fingerprint density at radius 3 is 2.58 bits per heavy atom. The smallest absolute Gasteiger partial charge is 0.421 e. The Kier molecular flexibility index (Phi) is 9.72. The lowest BCUT2D eigenvalue weighted by molar-refractivity contribution is -0.137. The highest BCUT2D eigenvalue weighted by Gasteiger charge is 2.37. The molecule has 2 aromatic rings. The van der Waals surface area contributed by atoms with Gasteiger partial charge in [-0.05, 0) is 31.0 Å². The molecule has 1 aliphatic rings. The maximum atomic E-state index is 13.8. The van der Waals surface area contributed by atoms with Gasteiger partial charge in [0.25, 0.3) is 5.91 Å². The number of methoxy groups -OCH3 is 2. The Morgan fingerprint density at radius 1 is 1.18 bits per heavy atom. The van der Waals surface area contributed by atoms with Gasteiger partial charge in [0, 0.05) is 45.4 Å². The summed E-state index contributed by atoms with van der Waals surface area (Å²) in [6.07, 6.45) is -1.01. The van der Waals surface area contributed by atoms with Crippen LogP contribution in [0.3, 0.4) is 0 Å². The van der Waals surface area contributed by atoms with Crippen molar-refractivity contribution in [3.8, 4) is 5.75 Å². The number of hydrogen-bond donors (Lipinski definition) is 3. The summed E-state index contributed by atoms with van der Waals surface area (Å²) in [6, 6.07) is 3.92. The van der Waals surface area contributed by atoms with Crippen molar-refractivity contribution in [1.29, 1.82) is 0 Å². The van der Waals surface area contributed by atoms with Crippen molar-refractivity contribution < 1.29 is 32.2 Å². The molecule has 1 aromatic carbocycles. The first-order valence-corrected chi connectivity index (χ1v) is 12.2. The van der Waals surface area contributed by atoms with Gasteiger partial charge < -0.3 is 30.3 Å². The summed E-state index contributed by atoms with van der Waals surface area (Å²) in [4.78, 5) is 33.9. The highest BCUT2D eigenvalue weighted by molar-refractivity contribution is 5.95. The molecule has 10 nitrogen and oxygen atoms in total. The van der Waals surface area contributed by atoms with Crippen molar-refractivity contribution in [2.45, 2.75) is 50.9 Å². The first-order valence-electron chi connectivity index (χ1n) is 12.2. The number of hydrogen-bond acceptors (Lipinski definition) is 8. The van der Waals surface area contributed by atoms with Gasteiger partial charge in [0.05, 0.1) is 25.4 Å². The van der Waals surface area contributed by atoms with Crippen LogP contribution in [0.15, 0.2) is 24.4 Å². The van der Waals surface area contributed by atoms with Crippen LogP contribution < -0.4 is 20.7 Å². The minimum Gasteiger partial charge on any atom is -0.495 e. The summed E-state index contributed by atoms with van der Waals surface area (Å²) in [6.45, 7) is 2.12. The Balaban J connectivity index is 1.87. The van der Waals surface area contributed by atoms with Gasteiger partial charge in [-0.3, -0.25) is 9.59 Å². The van der Waals surface area contributed by atoms with Crippen LogP contribution in [0.4, 0.5) is 30.6 Å². The predicted octanol–water partition coefficient (Wildman–Crippen LogP) is 3.83. The maximum Gasteiger partial charge on any atom is 0.421 e. The monoisotopic (exact) mass is 538 g/mol. The maximum absolute atomic E-state index is 13.8. The molecule has 2 atom stereocenters. The number of carbonyl (C=O) groups excluding carboxylic acids is 2. The molecule has 2 amide bonds. The molecule has 3 N–H and O–H groups in total. The van der Waals surface area contributed by atoms with E-state index in [2.05, 4.69) is 25.9 Å². The van der Waals surface area contributed by atoms with Crippen molar-refractivity contribution in [2.24, 2.45) is 0 Å². The number of aromatic nitrogens is 2. The number of benzene rings is 1. The number of amides is 2. The molecule has 208 valence electrons. The number of anilines is 3. The second-order valence-electron chi connectivity index (χ2n) is 8.97. The summed E-state index contributed by atoms with van der Waals surface area (Å²) in [5, 5.41) is 8.53. The van der Waals surface area contributed by atoms with Crippen molar-refractivity contribution in [3.05, 3.63) is 35.5 Å². The molecule has 0 saturated heterocycles. The highest BCUT2D eigenvalue weighted by atomic mass is 19.4. The van der Waals surface area contributed by atoms with Gasteiger partial charge in [0.15, 0.2) is 0 Å². The summed E-state index contributed by atoms with van der Waals surface area (Å²) in [5.41, 5.74) is -0.316. The fourth-order valence-corrected chi connectivity index (χ4v) is 4.34. The molecule has 1 heterocycles. The molecule has 0 spiro atoms. The lowest BCUT2D eigenvalue weighted by Crippen LogP contribution is -2.49. The van der Waals surface area contributed by atoms with E-state index in [1.165, 1.54) is 27.2 Å². The fraction of sp³-hybridized carbons (Fsp3) is 0.520. The second-order valence-corrected chi connectivity index (χ2v) is 8.97. The number of nitrogens with one attached hydrogen (secondary N) is 3. The van der Waals surface area contributed by atoms with Crippen molar-refractivity contribution in [1.82, 2.24) is 20.2 Å². The lowest BCUT2D eigenvalue weighted by atomic mass is 9.89. The van der Waals surface area contributed by atoms with E-state index in [0.29, 0.717) is 43.4 Å². The average molecular weight is 539 g/mol. The third kappa shape index (κ3) is 7.24. The van der Waals surface area contributed by atoms with E-state index in [0.717, 1.165) is 12.8 Å². The topological polar surface area (TPSA) is 118 Å². The second kappa shape index (κ2) is 12.8. The van der Waals surface area contributed by atoms with Crippen molar-refractivity contribution in [2.75, 3.05) is 45.1 Å². The summed E-state index contributed by atoms with van der Waals surface area (Å²) < 4.78 is 51.8. The van der Waals surface area contributed by atoms with Crippen LogP contribution >= 0.6 is 0 Å². The van der Waals surface area contributed by atoms with Crippen LogP contribution in [0, 0.1) is 0 Å². The highest BCUT2D eigenvalue weighted by Crippen LogP contribution is 2.36. The van der Waals surface area contributed by atoms with Crippen LogP contribution in [0.1, 0.15) is 48.5 Å². The molecule has 0 bridgehead atoms. The number of halogens is 3. The molecule has 1 fully saturated rings. The Labute approximate surface area is 219 Å². The van der Waals surface area contributed by atoms with Gasteiger partial charge in [0.1, 0.15) is 17.1 Å². The summed E-state index contributed by atoms with van der Waals surface area (Å²) in [5.74, 6) is -0.687. The van der Waals surface area contributed by atoms with Gasteiger partial charge >= 0.3 is 6.18 Å². The first-order chi connectivity index (χ1) is 18.0. The Bertz CT molecular complexity index is 1130. The molecule has 0 radical (unpaired) electrons. The molecule has 1 aromatic heterocycles. The Morgan fingerprint density at radius 2 is 1.92 bits per heavy atom. The summed E-state index contributed by atoms with van der Waals surface area (Å²) >= 11 is 0. The van der Waals surface area contributed by atoms with E-state index >= 15 is 0 Å². The summed E-state index contributed by atoms with van der Waals surface area (Å²) in [7, 11) is 4.58. The molecule has 1 aliphatic carbocycles. The number of rotatable bonds is 10.